The van der Waals surface area contributed by atoms with Crippen LogP contribution < -0.4 is 4.74 Å². The van der Waals surface area contributed by atoms with Crippen LogP contribution >= 0.6 is 0 Å². The Morgan fingerprint density at radius 1 is 1.25 bits per heavy atom. The number of aryl methyl sites for hydroxylation is 1. The van der Waals surface area contributed by atoms with E-state index in [1.165, 1.54) is 6.42 Å². The van der Waals surface area contributed by atoms with Gasteiger partial charge in [-0.05, 0) is 54.4 Å². The van der Waals surface area contributed by atoms with Crippen molar-refractivity contribution in [2.75, 3.05) is 7.11 Å². The topological polar surface area (TPSA) is 29.5 Å². The summed E-state index contributed by atoms with van der Waals surface area (Å²) in [4.78, 5) is 0. The Kier molecular flexibility index (Phi) is 4.15. The molecule has 1 aromatic carbocycles. The van der Waals surface area contributed by atoms with Gasteiger partial charge in [-0.2, -0.15) is 0 Å². The maximum absolute atomic E-state index is 11.4. The Labute approximate surface area is 123 Å². The van der Waals surface area contributed by atoms with Gasteiger partial charge in [-0.15, -0.1) is 0 Å². The zero-order chi connectivity index (χ0) is 15.0. The molecule has 0 heterocycles. The first-order valence-electron chi connectivity index (χ1n) is 7.66. The highest BCUT2D eigenvalue weighted by Gasteiger charge is 2.46. The molecule has 1 aliphatic carbocycles. The lowest BCUT2D eigenvalue weighted by Crippen LogP contribution is -2.45. The zero-order valence-corrected chi connectivity index (χ0v) is 13.5. The fourth-order valence-electron chi connectivity index (χ4n) is 3.88. The Morgan fingerprint density at radius 3 is 2.50 bits per heavy atom. The maximum Gasteiger partial charge on any atom is 0.119 e. The van der Waals surface area contributed by atoms with Crippen molar-refractivity contribution in [1.82, 2.24) is 0 Å². The van der Waals surface area contributed by atoms with Crippen LogP contribution in [0.5, 0.6) is 5.75 Å². The number of rotatable bonds is 2. The molecule has 0 spiro atoms. The van der Waals surface area contributed by atoms with Crippen molar-refractivity contribution >= 4 is 0 Å². The largest absolute Gasteiger partial charge is 0.497 e. The molecular weight excluding hydrogens is 248 g/mol. The highest BCUT2D eigenvalue weighted by molar-refractivity contribution is 5.39. The van der Waals surface area contributed by atoms with E-state index in [0.717, 1.165) is 36.1 Å². The third-order valence-corrected chi connectivity index (χ3v) is 4.82. The molecule has 0 aliphatic heterocycles. The van der Waals surface area contributed by atoms with Gasteiger partial charge in [0.15, 0.2) is 0 Å². The molecule has 0 aromatic heterocycles. The molecule has 2 nitrogen and oxygen atoms in total. The van der Waals surface area contributed by atoms with E-state index in [1.54, 1.807) is 7.11 Å². The quantitative estimate of drug-likeness (QED) is 0.866. The summed E-state index contributed by atoms with van der Waals surface area (Å²) in [5.41, 5.74) is 1.62. The minimum atomic E-state index is -0.702. The standard InChI is InChI=1S/C18H28O2/c1-13-12-14(20-5)9-10-15(13)18(19)11-7-6-8-16(18)17(2,3)4/h9-10,12,16,19H,6-8,11H2,1-5H3. The van der Waals surface area contributed by atoms with Crippen LogP contribution in [0.2, 0.25) is 0 Å². The summed E-state index contributed by atoms with van der Waals surface area (Å²) in [6, 6.07) is 6.05. The van der Waals surface area contributed by atoms with Gasteiger partial charge >= 0.3 is 0 Å². The molecule has 0 saturated heterocycles. The minimum Gasteiger partial charge on any atom is -0.497 e. The third-order valence-electron chi connectivity index (χ3n) is 4.82. The van der Waals surface area contributed by atoms with Crippen LogP contribution in [0, 0.1) is 18.3 Å². The van der Waals surface area contributed by atoms with Crippen molar-refractivity contribution in [3.05, 3.63) is 29.3 Å². The van der Waals surface area contributed by atoms with Gasteiger partial charge in [0.25, 0.3) is 0 Å². The second-order valence-electron chi connectivity index (χ2n) is 7.27. The fraction of sp³-hybridized carbons (Fsp3) is 0.667. The van der Waals surface area contributed by atoms with Crippen molar-refractivity contribution < 1.29 is 9.84 Å². The second kappa shape index (κ2) is 5.40. The highest BCUT2D eigenvalue weighted by Crippen LogP contribution is 2.50. The lowest BCUT2D eigenvalue weighted by atomic mass is 9.61. The van der Waals surface area contributed by atoms with Crippen molar-refractivity contribution in [2.45, 2.75) is 59.0 Å². The summed E-state index contributed by atoms with van der Waals surface area (Å²) >= 11 is 0. The van der Waals surface area contributed by atoms with Gasteiger partial charge < -0.3 is 9.84 Å². The monoisotopic (exact) mass is 276 g/mol. The van der Waals surface area contributed by atoms with E-state index in [9.17, 15) is 5.11 Å². The normalized spacial score (nSPS) is 27.4. The molecule has 112 valence electrons. The van der Waals surface area contributed by atoms with Crippen LogP contribution in [-0.4, -0.2) is 12.2 Å². The van der Waals surface area contributed by atoms with E-state index in [2.05, 4.69) is 33.8 Å². The van der Waals surface area contributed by atoms with Crippen LogP contribution in [0.3, 0.4) is 0 Å². The molecule has 1 fully saturated rings. The van der Waals surface area contributed by atoms with E-state index in [4.69, 9.17) is 4.74 Å². The van der Waals surface area contributed by atoms with Gasteiger partial charge in [-0.3, -0.25) is 0 Å². The summed E-state index contributed by atoms with van der Waals surface area (Å²) in [6.45, 7) is 8.80. The molecule has 2 heteroatoms. The Hall–Kier alpha value is -1.02. The number of ether oxygens (including phenoxy) is 1. The summed E-state index contributed by atoms with van der Waals surface area (Å²) in [7, 11) is 1.68. The predicted octanol–water partition coefficient (Wildman–Crippen LogP) is 4.43. The van der Waals surface area contributed by atoms with Crippen LogP contribution in [0.25, 0.3) is 0 Å². The molecule has 0 radical (unpaired) electrons. The van der Waals surface area contributed by atoms with Gasteiger partial charge in [-0.25, -0.2) is 0 Å². The van der Waals surface area contributed by atoms with Crippen LogP contribution in [0.1, 0.15) is 57.6 Å². The Balaban J connectivity index is 2.46. The Morgan fingerprint density at radius 2 is 1.95 bits per heavy atom. The molecule has 0 amide bonds. The van der Waals surface area contributed by atoms with E-state index in [-0.39, 0.29) is 5.41 Å². The number of hydrogen-bond acceptors (Lipinski definition) is 2. The Bertz CT molecular complexity index is 473. The smallest absolute Gasteiger partial charge is 0.119 e. The van der Waals surface area contributed by atoms with E-state index < -0.39 is 5.60 Å². The van der Waals surface area contributed by atoms with Gasteiger partial charge in [-0.1, -0.05) is 39.7 Å². The first kappa shape index (κ1) is 15.4. The molecule has 1 aliphatic rings. The van der Waals surface area contributed by atoms with Crippen molar-refractivity contribution in [1.29, 1.82) is 0 Å². The minimum absolute atomic E-state index is 0.113. The predicted molar refractivity (Wildman–Crippen MR) is 83.0 cm³/mol. The number of methoxy groups -OCH3 is 1. The summed E-state index contributed by atoms with van der Waals surface area (Å²) in [5.74, 6) is 1.16. The number of benzene rings is 1. The second-order valence-corrected chi connectivity index (χ2v) is 7.27. The van der Waals surface area contributed by atoms with E-state index >= 15 is 0 Å². The zero-order valence-electron chi connectivity index (χ0n) is 13.5. The SMILES string of the molecule is COc1ccc(C2(O)CCCCC2C(C)(C)C)c(C)c1. The number of aliphatic hydroxyl groups is 1. The lowest BCUT2D eigenvalue weighted by molar-refractivity contribution is -0.0963. The van der Waals surface area contributed by atoms with Gasteiger partial charge in [0.1, 0.15) is 5.75 Å². The first-order valence-corrected chi connectivity index (χ1v) is 7.66. The molecule has 1 N–H and O–H groups in total. The van der Waals surface area contributed by atoms with E-state index in [1.807, 2.05) is 12.1 Å². The van der Waals surface area contributed by atoms with Crippen LogP contribution in [0.4, 0.5) is 0 Å². The molecular formula is C18H28O2. The average Bonchev–Trinajstić information content (AvgIpc) is 2.37. The highest BCUT2D eigenvalue weighted by atomic mass is 16.5. The molecule has 2 rings (SSSR count). The van der Waals surface area contributed by atoms with Gasteiger partial charge in [0.05, 0.1) is 12.7 Å². The van der Waals surface area contributed by atoms with Crippen molar-refractivity contribution in [3.63, 3.8) is 0 Å². The molecule has 0 bridgehead atoms. The number of hydrogen-bond donors (Lipinski definition) is 1. The third kappa shape index (κ3) is 2.71. The summed E-state index contributed by atoms with van der Waals surface area (Å²) in [6.07, 6.45) is 4.29. The molecule has 2 atom stereocenters. The molecule has 1 saturated carbocycles. The summed E-state index contributed by atoms with van der Waals surface area (Å²) in [5, 5.41) is 11.4. The average molecular weight is 276 g/mol. The molecule has 2 unspecified atom stereocenters. The van der Waals surface area contributed by atoms with Crippen LogP contribution in [-0.2, 0) is 5.60 Å². The van der Waals surface area contributed by atoms with Gasteiger partial charge in [0.2, 0.25) is 0 Å². The lowest BCUT2D eigenvalue weighted by Gasteiger charge is -2.47. The fourth-order valence-corrected chi connectivity index (χ4v) is 3.88. The van der Waals surface area contributed by atoms with Crippen molar-refractivity contribution in [2.24, 2.45) is 11.3 Å². The molecule has 20 heavy (non-hydrogen) atoms. The van der Waals surface area contributed by atoms with Gasteiger partial charge in [0, 0.05) is 0 Å². The maximum atomic E-state index is 11.4. The van der Waals surface area contributed by atoms with E-state index in [0.29, 0.717) is 5.92 Å². The molecule has 1 aromatic rings. The summed E-state index contributed by atoms with van der Waals surface area (Å²) < 4.78 is 5.28. The van der Waals surface area contributed by atoms with Crippen LogP contribution in [0.15, 0.2) is 18.2 Å². The van der Waals surface area contributed by atoms with Crippen molar-refractivity contribution in [3.8, 4) is 5.75 Å². The first-order chi connectivity index (χ1) is 9.29.